The van der Waals surface area contributed by atoms with Gasteiger partial charge in [0.15, 0.2) is 0 Å². The number of hydrogen-bond acceptors (Lipinski definition) is 2. The van der Waals surface area contributed by atoms with Crippen molar-refractivity contribution in [2.45, 2.75) is 24.6 Å². The Morgan fingerprint density at radius 2 is 2.50 bits per heavy atom. The van der Waals surface area contributed by atoms with Gasteiger partial charge in [-0.3, -0.25) is 0 Å². The zero-order valence-corrected chi connectivity index (χ0v) is 6.59. The molecule has 0 N–H and O–H groups in total. The molecule has 0 bridgehead atoms. The molecule has 0 atom stereocenters. The van der Waals surface area contributed by atoms with Gasteiger partial charge in [0.1, 0.15) is 5.82 Å². The smallest absolute Gasteiger partial charge is 0.118 e. The molecular weight excluding hydrogens is 144 g/mol. The molecule has 0 unspecified atom stereocenters. The minimum Gasteiger partial charge on any atom is -0.331 e. The molecule has 2 nitrogen and oxygen atoms in total. The van der Waals surface area contributed by atoms with Gasteiger partial charge < -0.3 is 4.57 Å². The van der Waals surface area contributed by atoms with Crippen LogP contribution in [0, 0.1) is 0 Å². The summed E-state index contributed by atoms with van der Waals surface area (Å²) in [4.78, 5) is 4.18. The van der Waals surface area contributed by atoms with E-state index < -0.39 is 0 Å². The van der Waals surface area contributed by atoms with Gasteiger partial charge in [0.25, 0.3) is 0 Å². The molecule has 0 amide bonds. The second-order valence-corrected chi connectivity index (χ2v) is 2.96. The van der Waals surface area contributed by atoms with Crippen molar-refractivity contribution in [3.8, 4) is 0 Å². The largest absolute Gasteiger partial charge is 0.331 e. The van der Waals surface area contributed by atoms with Crippen LogP contribution in [0.25, 0.3) is 0 Å². The molecule has 1 fully saturated rings. The lowest BCUT2D eigenvalue weighted by atomic mass is 10.6. The number of thiol groups is 1. The molecule has 0 radical (unpaired) electrons. The number of rotatable bonds is 2. The average Bonchev–Trinajstić information content (AvgIpc) is 2.69. The molecule has 0 spiro atoms. The third-order valence-corrected chi connectivity index (χ3v) is 2.11. The van der Waals surface area contributed by atoms with Crippen molar-refractivity contribution in [3.05, 3.63) is 18.2 Å². The summed E-state index contributed by atoms with van der Waals surface area (Å²) in [7, 11) is 0. The van der Waals surface area contributed by atoms with E-state index in [1.807, 2.05) is 12.4 Å². The summed E-state index contributed by atoms with van der Waals surface area (Å²) >= 11 is 4.18. The topological polar surface area (TPSA) is 17.8 Å². The summed E-state index contributed by atoms with van der Waals surface area (Å²) < 4.78 is 2.23. The minimum absolute atomic E-state index is 0.740. The Morgan fingerprint density at radius 3 is 3.10 bits per heavy atom. The molecule has 1 saturated carbocycles. The van der Waals surface area contributed by atoms with Gasteiger partial charge in [0, 0.05) is 24.2 Å². The Hall–Kier alpha value is -0.440. The fraction of sp³-hybridized carbons (Fsp3) is 0.571. The van der Waals surface area contributed by atoms with E-state index in [0.717, 1.165) is 17.6 Å². The Kier molecular flexibility index (Phi) is 1.45. The van der Waals surface area contributed by atoms with Crippen molar-refractivity contribution in [1.82, 2.24) is 9.55 Å². The summed E-state index contributed by atoms with van der Waals surface area (Å²) in [5.41, 5.74) is 0. The molecule has 10 heavy (non-hydrogen) atoms. The van der Waals surface area contributed by atoms with Crippen LogP contribution >= 0.6 is 12.6 Å². The minimum atomic E-state index is 0.740. The number of hydrogen-bond donors (Lipinski definition) is 1. The maximum atomic E-state index is 4.18. The molecule has 54 valence electrons. The molecular formula is C7H10N2S. The average molecular weight is 154 g/mol. The van der Waals surface area contributed by atoms with Crippen molar-refractivity contribution in [1.29, 1.82) is 0 Å². The summed E-state index contributed by atoms with van der Waals surface area (Å²) in [6.45, 7) is 0. The standard InChI is InChI=1S/C7H10N2S/c10-5-7-8-3-4-9(7)6-1-2-6/h3-4,6,10H,1-2,5H2. The highest BCUT2D eigenvalue weighted by Crippen LogP contribution is 2.35. The first kappa shape index (κ1) is 6.28. The van der Waals surface area contributed by atoms with Crippen molar-refractivity contribution >= 4 is 12.6 Å². The molecule has 0 saturated heterocycles. The quantitative estimate of drug-likeness (QED) is 0.641. The Bertz CT molecular complexity index is 227. The molecule has 1 aromatic heterocycles. The third kappa shape index (κ3) is 0.944. The molecule has 2 rings (SSSR count). The van der Waals surface area contributed by atoms with Gasteiger partial charge >= 0.3 is 0 Å². The van der Waals surface area contributed by atoms with Gasteiger partial charge in [-0.1, -0.05) is 0 Å². The van der Waals surface area contributed by atoms with Gasteiger partial charge in [0.05, 0.1) is 0 Å². The van der Waals surface area contributed by atoms with Crippen LogP contribution in [0.5, 0.6) is 0 Å². The highest BCUT2D eigenvalue weighted by atomic mass is 32.1. The first-order valence-corrected chi connectivity index (χ1v) is 4.17. The predicted molar refractivity (Wildman–Crippen MR) is 43.2 cm³/mol. The molecule has 0 aliphatic heterocycles. The lowest BCUT2D eigenvalue weighted by molar-refractivity contribution is 0.707. The summed E-state index contributed by atoms with van der Waals surface area (Å²) in [5, 5.41) is 0. The van der Waals surface area contributed by atoms with E-state index >= 15 is 0 Å². The second kappa shape index (κ2) is 2.31. The van der Waals surface area contributed by atoms with Crippen molar-refractivity contribution in [2.75, 3.05) is 0 Å². The van der Waals surface area contributed by atoms with E-state index in [2.05, 4.69) is 22.2 Å². The molecule has 1 aromatic rings. The molecule has 3 heteroatoms. The van der Waals surface area contributed by atoms with E-state index in [1.54, 1.807) is 0 Å². The van der Waals surface area contributed by atoms with E-state index in [0.29, 0.717) is 0 Å². The SMILES string of the molecule is SCc1nccn1C1CC1. The predicted octanol–water partition coefficient (Wildman–Crippen LogP) is 1.65. The van der Waals surface area contributed by atoms with Crippen LogP contribution in [-0.4, -0.2) is 9.55 Å². The fourth-order valence-corrected chi connectivity index (χ4v) is 1.40. The Morgan fingerprint density at radius 1 is 1.70 bits per heavy atom. The van der Waals surface area contributed by atoms with E-state index in [1.165, 1.54) is 12.8 Å². The number of nitrogens with zero attached hydrogens (tertiary/aromatic N) is 2. The third-order valence-electron chi connectivity index (χ3n) is 1.83. The van der Waals surface area contributed by atoms with E-state index in [9.17, 15) is 0 Å². The monoisotopic (exact) mass is 154 g/mol. The highest BCUT2D eigenvalue weighted by molar-refractivity contribution is 7.79. The van der Waals surface area contributed by atoms with Crippen LogP contribution in [0.4, 0.5) is 0 Å². The first-order chi connectivity index (χ1) is 4.92. The van der Waals surface area contributed by atoms with Crippen LogP contribution in [0.3, 0.4) is 0 Å². The summed E-state index contributed by atoms with van der Waals surface area (Å²) in [6.07, 6.45) is 6.53. The van der Waals surface area contributed by atoms with Gasteiger partial charge in [0.2, 0.25) is 0 Å². The van der Waals surface area contributed by atoms with Gasteiger partial charge in [-0.05, 0) is 12.8 Å². The Balaban J connectivity index is 2.28. The lowest BCUT2D eigenvalue weighted by Gasteiger charge is -2.01. The van der Waals surface area contributed by atoms with Gasteiger partial charge in [-0.15, -0.1) is 0 Å². The maximum absolute atomic E-state index is 4.18. The van der Waals surface area contributed by atoms with E-state index in [4.69, 9.17) is 0 Å². The number of aromatic nitrogens is 2. The van der Waals surface area contributed by atoms with Crippen molar-refractivity contribution < 1.29 is 0 Å². The van der Waals surface area contributed by atoms with Crippen LogP contribution < -0.4 is 0 Å². The zero-order chi connectivity index (χ0) is 6.97. The van der Waals surface area contributed by atoms with Crippen LogP contribution in [0.2, 0.25) is 0 Å². The molecule has 1 aliphatic rings. The highest BCUT2D eigenvalue weighted by Gasteiger charge is 2.24. The van der Waals surface area contributed by atoms with Crippen LogP contribution in [0.15, 0.2) is 12.4 Å². The fourth-order valence-electron chi connectivity index (χ4n) is 1.15. The van der Waals surface area contributed by atoms with Crippen LogP contribution in [-0.2, 0) is 5.75 Å². The van der Waals surface area contributed by atoms with Crippen molar-refractivity contribution in [2.24, 2.45) is 0 Å². The summed E-state index contributed by atoms with van der Waals surface area (Å²) in [6, 6.07) is 0.740. The lowest BCUT2D eigenvalue weighted by Crippen LogP contribution is -1.97. The second-order valence-electron chi connectivity index (χ2n) is 2.64. The molecule has 1 heterocycles. The summed E-state index contributed by atoms with van der Waals surface area (Å²) in [5.74, 6) is 1.86. The van der Waals surface area contributed by atoms with Crippen molar-refractivity contribution in [3.63, 3.8) is 0 Å². The maximum Gasteiger partial charge on any atom is 0.118 e. The van der Waals surface area contributed by atoms with Crippen LogP contribution in [0.1, 0.15) is 24.7 Å². The van der Waals surface area contributed by atoms with Gasteiger partial charge in [-0.2, -0.15) is 12.6 Å². The first-order valence-electron chi connectivity index (χ1n) is 3.54. The van der Waals surface area contributed by atoms with E-state index in [-0.39, 0.29) is 0 Å². The normalized spacial score (nSPS) is 17.7. The van der Waals surface area contributed by atoms with Gasteiger partial charge in [-0.25, -0.2) is 4.98 Å². The molecule has 1 aliphatic carbocycles. The Labute approximate surface area is 65.7 Å². The molecule has 0 aromatic carbocycles. The zero-order valence-electron chi connectivity index (χ0n) is 5.70. The number of imidazole rings is 1.